The van der Waals surface area contributed by atoms with E-state index in [4.69, 9.17) is 13.9 Å². The molecule has 0 atom stereocenters. The lowest BCUT2D eigenvalue weighted by Gasteiger charge is -1.99. The molecule has 0 saturated heterocycles. The van der Waals surface area contributed by atoms with Gasteiger partial charge in [0.1, 0.15) is 0 Å². The van der Waals surface area contributed by atoms with Gasteiger partial charge in [0.15, 0.2) is 0 Å². The van der Waals surface area contributed by atoms with Crippen molar-refractivity contribution in [2.45, 2.75) is 0 Å². The van der Waals surface area contributed by atoms with Crippen LogP contribution >= 0.6 is 0 Å². The molecule has 0 spiro atoms. The van der Waals surface area contributed by atoms with Gasteiger partial charge in [-0.3, -0.25) is 0 Å². The van der Waals surface area contributed by atoms with Crippen LogP contribution in [0.3, 0.4) is 0 Å². The van der Waals surface area contributed by atoms with Crippen LogP contribution in [-0.4, -0.2) is 24.2 Å². The van der Waals surface area contributed by atoms with Crippen LogP contribution < -0.4 is 14.2 Å². The molecule has 0 saturated carbocycles. The van der Waals surface area contributed by atoms with Crippen molar-refractivity contribution in [1.82, 2.24) is 4.73 Å². The average molecular weight is 200 g/mol. The van der Waals surface area contributed by atoms with Gasteiger partial charge in [-0.25, -0.2) is 4.73 Å². The molecule has 0 amide bonds. The van der Waals surface area contributed by atoms with Crippen molar-refractivity contribution in [2.75, 3.05) is 14.2 Å². The third-order valence-corrected chi connectivity index (χ3v) is 1.82. The Hall–Kier alpha value is -2.05. The lowest BCUT2D eigenvalue weighted by Crippen LogP contribution is -2.23. The van der Waals surface area contributed by atoms with Crippen LogP contribution in [0.4, 0.5) is 0 Å². The highest BCUT2D eigenvalue weighted by atomic mass is 16.6. The maximum atomic E-state index is 11.2. The molecule has 14 heavy (non-hydrogen) atoms. The maximum absolute atomic E-state index is 11.2. The number of aromatic nitrogens is 2. The third-order valence-electron chi connectivity index (χ3n) is 1.82. The Morgan fingerprint density at radius 3 is 2.79 bits per heavy atom. The van der Waals surface area contributed by atoms with Gasteiger partial charge in [-0.15, -0.1) is 0 Å². The van der Waals surface area contributed by atoms with Crippen LogP contribution in [0.15, 0.2) is 10.7 Å². The molecule has 7 heteroatoms. The van der Waals surface area contributed by atoms with Crippen LogP contribution in [0.1, 0.15) is 0 Å². The predicted molar refractivity (Wildman–Crippen MR) is 43.5 cm³/mol. The normalized spacial score (nSPS) is 10.7. The minimum atomic E-state index is -0.0197. The van der Waals surface area contributed by atoms with Crippen molar-refractivity contribution in [3.63, 3.8) is 0 Å². The quantitative estimate of drug-likeness (QED) is 0.423. The molecule has 0 aliphatic rings. The van der Waals surface area contributed by atoms with E-state index in [9.17, 15) is 10.4 Å². The summed E-state index contributed by atoms with van der Waals surface area (Å²) in [6.45, 7) is 0. The van der Waals surface area contributed by atoms with Crippen LogP contribution in [0.5, 0.6) is 11.7 Å². The summed E-state index contributed by atoms with van der Waals surface area (Å²) in [5.41, 5.74) is 0.0700. The summed E-state index contributed by atoms with van der Waals surface area (Å²) in [7, 11) is 2.75. The topological polar surface area (TPSA) is 83.7 Å². The van der Waals surface area contributed by atoms with E-state index in [0.29, 0.717) is 9.46 Å². The molecule has 0 fully saturated rings. The lowest BCUT2D eigenvalue weighted by molar-refractivity contribution is -0.580. The molecule has 7 nitrogen and oxygen atoms in total. The van der Waals surface area contributed by atoms with E-state index in [-0.39, 0.29) is 22.9 Å². The van der Waals surface area contributed by atoms with E-state index in [1.165, 1.54) is 14.2 Å². The minimum absolute atomic E-state index is 0.0197. The smallest absolute Gasteiger partial charge is 0.385 e. The van der Waals surface area contributed by atoms with E-state index in [0.717, 1.165) is 6.33 Å². The van der Waals surface area contributed by atoms with Crippen molar-refractivity contribution in [3.05, 3.63) is 11.5 Å². The molecule has 0 bridgehead atoms. The first-order chi connectivity index (χ1) is 6.69. The summed E-state index contributed by atoms with van der Waals surface area (Å²) in [6, 6.07) is 0. The summed E-state index contributed by atoms with van der Waals surface area (Å²) < 4.78 is 15.8. The SMILES string of the molecule is COc1oc2c(c1OC)[n+]([O-])cn2O. The van der Waals surface area contributed by atoms with Crippen molar-refractivity contribution >= 4 is 11.2 Å². The van der Waals surface area contributed by atoms with Crippen LogP contribution in [0.25, 0.3) is 11.2 Å². The summed E-state index contributed by atoms with van der Waals surface area (Å²) >= 11 is 0. The van der Waals surface area contributed by atoms with Crippen molar-refractivity contribution in [1.29, 1.82) is 0 Å². The Kier molecular flexibility index (Phi) is 1.66. The number of hydrogen-bond donors (Lipinski definition) is 1. The Bertz CT molecular complexity index is 472. The molecular weight excluding hydrogens is 192 g/mol. The fourth-order valence-electron chi connectivity index (χ4n) is 1.25. The predicted octanol–water partition coefficient (Wildman–Crippen LogP) is 0.122. The second kappa shape index (κ2) is 2.72. The standard InChI is InChI=1S/C7H8N2O5/c1-12-5-4-6(14-7(5)13-2)9(11)3-8(4)10/h3,11H,1-2H3. The zero-order valence-corrected chi connectivity index (χ0v) is 7.55. The maximum Gasteiger partial charge on any atom is 0.385 e. The van der Waals surface area contributed by atoms with Crippen LogP contribution in [0.2, 0.25) is 0 Å². The van der Waals surface area contributed by atoms with Crippen molar-refractivity contribution < 1.29 is 23.8 Å². The molecule has 2 aromatic rings. The number of fused-ring (bicyclic) bond motifs is 1. The Labute approximate surface area is 78.2 Å². The molecule has 2 heterocycles. The molecule has 2 aromatic heterocycles. The number of methoxy groups -OCH3 is 2. The van der Waals surface area contributed by atoms with Crippen molar-refractivity contribution in [2.24, 2.45) is 0 Å². The van der Waals surface area contributed by atoms with Gasteiger partial charge < -0.3 is 24.3 Å². The van der Waals surface area contributed by atoms with Gasteiger partial charge in [-0.1, -0.05) is 0 Å². The highest BCUT2D eigenvalue weighted by molar-refractivity contribution is 5.77. The Morgan fingerprint density at radius 2 is 2.21 bits per heavy atom. The molecular formula is C7H8N2O5. The minimum Gasteiger partial charge on any atom is -0.710 e. The van der Waals surface area contributed by atoms with Gasteiger partial charge in [-0.2, -0.15) is 0 Å². The van der Waals surface area contributed by atoms with Gasteiger partial charge in [0.2, 0.25) is 0 Å². The molecule has 76 valence electrons. The lowest BCUT2D eigenvalue weighted by atomic mass is 10.5. The largest absolute Gasteiger partial charge is 0.710 e. The molecule has 0 unspecified atom stereocenters. The number of imidazole rings is 1. The summed E-state index contributed by atoms with van der Waals surface area (Å²) in [5.74, 6) is 0.204. The fraction of sp³-hybridized carbons (Fsp3) is 0.286. The zero-order valence-electron chi connectivity index (χ0n) is 7.55. The van der Waals surface area contributed by atoms with Gasteiger partial charge in [0.25, 0.3) is 17.6 Å². The number of rotatable bonds is 2. The second-order valence-electron chi connectivity index (χ2n) is 2.57. The van der Waals surface area contributed by atoms with Gasteiger partial charge in [-0.05, 0) is 4.73 Å². The van der Waals surface area contributed by atoms with Crippen LogP contribution in [-0.2, 0) is 0 Å². The van der Waals surface area contributed by atoms with Crippen LogP contribution in [0, 0.1) is 5.21 Å². The summed E-state index contributed by atoms with van der Waals surface area (Å²) in [5, 5.41) is 20.5. The number of nitrogens with zero attached hydrogens (tertiary/aromatic N) is 2. The van der Waals surface area contributed by atoms with Gasteiger partial charge >= 0.3 is 11.7 Å². The Morgan fingerprint density at radius 1 is 1.50 bits per heavy atom. The fourth-order valence-corrected chi connectivity index (χ4v) is 1.25. The highest BCUT2D eigenvalue weighted by Gasteiger charge is 2.27. The summed E-state index contributed by atoms with van der Waals surface area (Å²) in [4.78, 5) is 0. The first-order valence-electron chi connectivity index (χ1n) is 3.73. The summed E-state index contributed by atoms with van der Waals surface area (Å²) in [6.07, 6.45) is 0.913. The van der Waals surface area contributed by atoms with Gasteiger partial charge in [0, 0.05) is 0 Å². The molecule has 0 aromatic carbocycles. The molecule has 0 aliphatic carbocycles. The average Bonchev–Trinajstić information content (AvgIpc) is 2.66. The van der Waals surface area contributed by atoms with Gasteiger partial charge in [0.05, 0.1) is 14.2 Å². The first kappa shape index (κ1) is 8.54. The number of ether oxygens (including phenoxy) is 2. The van der Waals surface area contributed by atoms with E-state index in [1.54, 1.807) is 0 Å². The zero-order chi connectivity index (χ0) is 10.3. The van der Waals surface area contributed by atoms with Crippen molar-refractivity contribution in [3.8, 4) is 11.7 Å². The highest BCUT2D eigenvalue weighted by Crippen LogP contribution is 2.36. The van der Waals surface area contributed by atoms with E-state index in [1.807, 2.05) is 0 Å². The van der Waals surface area contributed by atoms with E-state index < -0.39 is 0 Å². The Balaban J connectivity index is 2.81. The number of hydrogen-bond acceptors (Lipinski definition) is 5. The van der Waals surface area contributed by atoms with E-state index >= 15 is 0 Å². The molecule has 2 rings (SSSR count). The number of furan rings is 1. The molecule has 0 radical (unpaired) electrons. The van der Waals surface area contributed by atoms with E-state index in [2.05, 4.69) is 0 Å². The molecule has 1 N–H and O–H groups in total. The molecule has 0 aliphatic heterocycles. The first-order valence-corrected chi connectivity index (χ1v) is 3.73. The third kappa shape index (κ3) is 0.889. The monoisotopic (exact) mass is 200 g/mol. The second-order valence-corrected chi connectivity index (χ2v) is 2.57.